The highest BCUT2D eigenvalue weighted by molar-refractivity contribution is 5.29. The molecule has 21 heavy (non-hydrogen) atoms. The Balaban J connectivity index is 2.19. The highest BCUT2D eigenvalue weighted by Gasteiger charge is 2.32. The molecule has 0 fully saturated rings. The summed E-state index contributed by atoms with van der Waals surface area (Å²) in [5.74, 6) is 0. The van der Waals surface area contributed by atoms with Crippen LogP contribution in [0.2, 0.25) is 0 Å². The number of unbranched alkanes of at least 4 members (excludes halogenated alkanes) is 1. The molecule has 0 aliphatic rings. The Bertz CT molecular complexity index is 397. The van der Waals surface area contributed by atoms with Crippen molar-refractivity contribution in [3.8, 4) is 0 Å². The number of halogens is 3. The second-order valence-corrected chi connectivity index (χ2v) is 4.64. The zero-order valence-corrected chi connectivity index (χ0v) is 12.2. The van der Waals surface area contributed by atoms with Crippen molar-refractivity contribution >= 4 is 0 Å². The van der Waals surface area contributed by atoms with E-state index in [9.17, 15) is 13.2 Å². The van der Waals surface area contributed by atoms with Crippen LogP contribution in [0.4, 0.5) is 13.2 Å². The first kappa shape index (κ1) is 17.9. The second kappa shape index (κ2) is 9.76. The molecular formula is C15H22F3NO2. The lowest BCUT2D eigenvalue weighted by atomic mass is 10.1. The molecule has 1 N–H and O–H groups in total. The minimum Gasteiger partial charge on any atom is -0.382 e. The van der Waals surface area contributed by atoms with Crippen LogP contribution < -0.4 is 5.32 Å². The lowest BCUT2D eigenvalue weighted by Crippen LogP contribution is -2.19. The first-order valence-electron chi connectivity index (χ1n) is 6.98. The molecule has 0 radical (unpaired) electrons. The van der Waals surface area contributed by atoms with E-state index in [4.69, 9.17) is 9.47 Å². The van der Waals surface area contributed by atoms with E-state index in [1.165, 1.54) is 12.1 Å². The zero-order chi connectivity index (χ0) is 15.6. The van der Waals surface area contributed by atoms with E-state index < -0.39 is 11.7 Å². The first-order valence-corrected chi connectivity index (χ1v) is 6.98. The fourth-order valence-corrected chi connectivity index (χ4v) is 1.87. The lowest BCUT2D eigenvalue weighted by molar-refractivity contribution is -0.138. The molecule has 0 spiro atoms. The Morgan fingerprint density at radius 3 is 2.52 bits per heavy atom. The topological polar surface area (TPSA) is 30.5 Å². The number of ether oxygens (including phenoxy) is 2. The normalized spacial score (nSPS) is 11.8. The number of methoxy groups -OCH3 is 1. The smallest absolute Gasteiger partial charge is 0.382 e. The Morgan fingerprint density at radius 1 is 1.05 bits per heavy atom. The van der Waals surface area contributed by atoms with Crippen molar-refractivity contribution in [1.29, 1.82) is 0 Å². The predicted molar refractivity (Wildman–Crippen MR) is 75.1 cm³/mol. The fraction of sp³-hybridized carbons (Fsp3) is 0.600. The van der Waals surface area contributed by atoms with E-state index in [-0.39, 0.29) is 12.1 Å². The molecule has 0 atom stereocenters. The van der Waals surface area contributed by atoms with Crippen molar-refractivity contribution in [1.82, 2.24) is 5.32 Å². The summed E-state index contributed by atoms with van der Waals surface area (Å²) >= 11 is 0. The van der Waals surface area contributed by atoms with E-state index in [2.05, 4.69) is 5.32 Å². The van der Waals surface area contributed by atoms with Crippen molar-refractivity contribution in [3.05, 3.63) is 35.4 Å². The van der Waals surface area contributed by atoms with Gasteiger partial charge in [0.1, 0.15) is 0 Å². The molecule has 0 saturated heterocycles. The first-order chi connectivity index (χ1) is 10.1. The molecule has 6 heteroatoms. The second-order valence-electron chi connectivity index (χ2n) is 4.64. The Hall–Kier alpha value is -1.11. The third kappa shape index (κ3) is 7.45. The van der Waals surface area contributed by atoms with E-state index in [1.54, 1.807) is 13.2 Å². The van der Waals surface area contributed by atoms with Crippen LogP contribution in [-0.4, -0.2) is 33.5 Å². The average Bonchev–Trinajstić information content (AvgIpc) is 2.45. The van der Waals surface area contributed by atoms with Crippen LogP contribution in [-0.2, 0) is 22.2 Å². The van der Waals surface area contributed by atoms with Gasteiger partial charge in [0.05, 0.1) is 18.8 Å². The molecule has 0 aromatic heterocycles. The minimum absolute atomic E-state index is 0.222. The van der Waals surface area contributed by atoms with Gasteiger partial charge in [-0.15, -0.1) is 0 Å². The van der Waals surface area contributed by atoms with E-state index in [0.717, 1.165) is 18.9 Å². The van der Waals surface area contributed by atoms with Crippen molar-refractivity contribution in [2.45, 2.75) is 25.6 Å². The number of rotatable bonds is 10. The third-order valence-electron chi connectivity index (χ3n) is 2.96. The average molecular weight is 305 g/mol. The third-order valence-corrected chi connectivity index (χ3v) is 2.96. The molecule has 0 aliphatic heterocycles. The van der Waals surface area contributed by atoms with Crippen LogP contribution in [0.25, 0.3) is 0 Å². The fourth-order valence-electron chi connectivity index (χ4n) is 1.87. The van der Waals surface area contributed by atoms with Gasteiger partial charge in [0, 0.05) is 20.3 Å². The van der Waals surface area contributed by atoms with E-state index in [1.807, 2.05) is 0 Å². The Kier molecular flexibility index (Phi) is 8.34. The number of benzene rings is 1. The maximum atomic E-state index is 12.8. The van der Waals surface area contributed by atoms with Crippen molar-refractivity contribution in [3.63, 3.8) is 0 Å². The summed E-state index contributed by atoms with van der Waals surface area (Å²) in [6.07, 6.45) is -2.56. The quantitative estimate of drug-likeness (QED) is 0.673. The molecule has 120 valence electrons. The number of hydrogen-bond donors (Lipinski definition) is 1. The van der Waals surface area contributed by atoms with E-state index >= 15 is 0 Å². The minimum atomic E-state index is -4.30. The van der Waals surface area contributed by atoms with E-state index in [0.29, 0.717) is 26.4 Å². The van der Waals surface area contributed by atoms with Crippen LogP contribution in [0.15, 0.2) is 24.3 Å². The van der Waals surface area contributed by atoms with Crippen LogP contribution in [0.1, 0.15) is 24.0 Å². The van der Waals surface area contributed by atoms with Crippen molar-refractivity contribution < 1.29 is 22.6 Å². The van der Waals surface area contributed by atoms with Crippen LogP contribution >= 0.6 is 0 Å². The molecule has 1 rings (SSSR count). The summed E-state index contributed by atoms with van der Waals surface area (Å²) in [5.41, 5.74) is -0.290. The zero-order valence-electron chi connectivity index (χ0n) is 12.2. The highest BCUT2D eigenvalue weighted by Crippen LogP contribution is 2.31. The summed E-state index contributed by atoms with van der Waals surface area (Å²) in [6.45, 7) is 2.68. The summed E-state index contributed by atoms with van der Waals surface area (Å²) in [5, 5.41) is 3.04. The molecule has 0 aliphatic carbocycles. The molecule has 1 aromatic carbocycles. The van der Waals surface area contributed by atoms with Crippen LogP contribution in [0.5, 0.6) is 0 Å². The molecule has 0 heterocycles. The predicted octanol–water partition coefficient (Wildman–Crippen LogP) is 3.24. The number of alkyl halides is 3. The molecule has 3 nitrogen and oxygen atoms in total. The van der Waals surface area contributed by atoms with Crippen LogP contribution in [0.3, 0.4) is 0 Å². The summed E-state index contributed by atoms with van der Waals surface area (Å²) < 4.78 is 48.5. The standard InChI is InChI=1S/C15H22F3NO2/c1-20-10-11-21-9-5-4-8-19-12-13-6-2-3-7-14(13)15(16,17)18/h2-3,6-7,19H,4-5,8-12H2,1H3. The lowest BCUT2D eigenvalue weighted by Gasteiger charge is -2.13. The van der Waals surface area contributed by atoms with Gasteiger partial charge in [-0.25, -0.2) is 0 Å². The molecular weight excluding hydrogens is 283 g/mol. The number of nitrogens with one attached hydrogen (secondary N) is 1. The Morgan fingerprint density at radius 2 is 1.81 bits per heavy atom. The van der Waals surface area contributed by atoms with Gasteiger partial charge < -0.3 is 14.8 Å². The summed E-state index contributed by atoms with van der Waals surface area (Å²) in [6, 6.07) is 5.64. The largest absolute Gasteiger partial charge is 0.416 e. The molecule has 0 amide bonds. The molecule has 1 aromatic rings. The monoisotopic (exact) mass is 305 g/mol. The van der Waals surface area contributed by atoms with Gasteiger partial charge in [0.15, 0.2) is 0 Å². The van der Waals surface area contributed by atoms with Gasteiger partial charge in [0.2, 0.25) is 0 Å². The van der Waals surface area contributed by atoms with Crippen molar-refractivity contribution in [2.75, 3.05) is 33.5 Å². The van der Waals surface area contributed by atoms with Gasteiger partial charge in [-0.1, -0.05) is 18.2 Å². The number of hydrogen-bond acceptors (Lipinski definition) is 3. The van der Waals surface area contributed by atoms with Gasteiger partial charge in [-0.3, -0.25) is 0 Å². The SMILES string of the molecule is COCCOCCCCNCc1ccccc1C(F)(F)F. The van der Waals surface area contributed by atoms with Gasteiger partial charge in [0.25, 0.3) is 0 Å². The van der Waals surface area contributed by atoms with Crippen molar-refractivity contribution in [2.24, 2.45) is 0 Å². The Labute approximate surface area is 123 Å². The maximum absolute atomic E-state index is 12.8. The molecule has 0 bridgehead atoms. The summed E-state index contributed by atoms with van der Waals surface area (Å²) in [7, 11) is 1.62. The highest BCUT2D eigenvalue weighted by atomic mass is 19.4. The summed E-state index contributed by atoms with van der Waals surface area (Å²) in [4.78, 5) is 0. The van der Waals surface area contributed by atoms with Gasteiger partial charge in [-0.05, 0) is 31.0 Å². The van der Waals surface area contributed by atoms with Crippen LogP contribution in [0, 0.1) is 0 Å². The van der Waals surface area contributed by atoms with Gasteiger partial charge in [-0.2, -0.15) is 13.2 Å². The molecule has 0 unspecified atom stereocenters. The maximum Gasteiger partial charge on any atom is 0.416 e. The van der Waals surface area contributed by atoms with Gasteiger partial charge >= 0.3 is 6.18 Å². The molecule has 0 saturated carbocycles.